The monoisotopic (exact) mass is 758 g/mol. The Labute approximate surface area is 280 Å². The molecule has 1 atom stereocenters. The Morgan fingerprint density at radius 3 is 1.38 bits per heavy atom. The third kappa shape index (κ3) is 6.15. The van der Waals surface area contributed by atoms with Crippen molar-refractivity contribution in [1.29, 1.82) is 0 Å². The van der Waals surface area contributed by atoms with Gasteiger partial charge in [0.2, 0.25) is 0 Å². The van der Waals surface area contributed by atoms with E-state index in [0.717, 1.165) is 0 Å². The summed E-state index contributed by atoms with van der Waals surface area (Å²) in [5.41, 5.74) is 13.5. The standard InChI is InChI=1S/C21H25.C13H10.C10H15.Hf/c1-20(2,3)16-7-9-18-14(12-16)11-15-13-17(21(4,5)6)8-10-19(15)18;1-3-7-12(8-4-1)11-13-9-5-2-6-10-13;1-8-5-6-9(7-8)10(2,3)4;/h7-13H,1-6H3;1-10H;6-8H,1-4H3;. The number of benzene rings is 4. The van der Waals surface area contributed by atoms with Crippen LogP contribution in [0.5, 0.6) is 0 Å². The van der Waals surface area contributed by atoms with Crippen molar-refractivity contribution in [3.63, 3.8) is 0 Å². The molecule has 0 nitrogen and oxygen atoms in total. The van der Waals surface area contributed by atoms with Crippen LogP contribution in [0.25, 0.3) is 11.1 Å². The van der Waals surface area contributed by atoms with Gasteiger partial charge in [0, 0.05) is 0 Å². The summed E-state index contributed by atoms with van der Waals surface area (Å²) in [5.74, 6) is 0.438. The first kappa shape index (κ1) is 32.1. The van der Waals surface area contributed by atoms with E-state index in [9.17, 15) is 0 Å². The molecule has 0 amide bonds. The maximum atomic E-state index is 2.66. The number of rotatable bonds is 4. The third-order valence-electron chi connectivity index (χ3n) is 9.84. The van der Waals surface area contributed by atoms with Gasteiger partial charge in [-0.25, -0.2) is 0 Å². The first-order chi connectivity index (χ1) is 21.1. The minimum absolute atomic E-state index is 0.0859. The predicted molar refractivity (Wildman–Crippen MR) is 192 cm³/mol. The second kappa shape index (κ2) is 11.7. The molecule has 0 aromatic heterocycles. The normalized spacial score (nSPS) is 16.6. The maximum absolute atomic E-state index is 3.11. The molecule has 0 radical (unpaired) electrons. The Balaban J connectivity index is 1.77. The van der Waals surface area contributed by atoms with Crippen molar-refractivity contribution in [3.05, 3.63) is 151 Å². The van der Waals surface area contributed by atoms with Gasteiger partial charge in [0.15, 0.2) is 0 Å². The number of hydrogen-bond donors (Lipinski definition) is 0. The van der Waals surface area contributed by atoms with Crippen molar-refractivity contribution >= 4 is 3.26 Å². The van der Waals surface area contributed by atoms with Gasteiger partial charge in [-0.2, -0.15) is 0 Å². The zero-order valence-electron chi connectivity index (χ0n) is 29.0. The summed E-state index contributed by atoms with van der Waals surface area (Å²) < 4.78 is 3.77. The fraction of sp³-hybridized carbons (Fsp3) is 0.341. The molecule has 1 heteroatoms. The zero-order chi connectivity index (χ0) is 32.3. The molecule has 0 bridgehead atoms. The number of fused-ring (bicyclic) bond motifs is 3. The van der Waals surface area contributed by atoms with Gasteiger partial charge in [0.25, 0.3) is 0 Å². The fourth-order valence-corrected chi connectivity index (χ4v) is 21.0. The topological polar surface area (TPSA) is 0 Å². The van der Waals surface area contributed by atoms with Crippen LogP contribution in [-0.2, 0) is 31.8 Å². The molecule has 2 aliphatic rings. The first-order valence-electron chi connectivity index (χ1n) is 16.7. The molecule has 2 aliphatic carbocycles. The SMILES string of the molecule is CC1C=C(C(C)(C)C)C=[C]1[Hf](=[C](c1ccccc1)c1ccccc1)[CH]1c2cc(C(C)(C)C)ccc2-c2ccc(C(C)(C)C)cc21. The molecule has 0 N–H and O–H groups in total. The van der Waals surface area contributed by atoms with E-state index in [4.69, 9.17) is 0 Å². The Bertz CT molecular complexity index is 1720. The van der Waals surface area contributed by atoms with Crippen molar-refractivity contribution in [3.8, 4) is 11.1 Å². The average molecular weight is 757 g/mol. The Morgan fingerprint density at radius 2 is 1.00 bits per heavy atom. The van der Waals surface area contributed by atoms with E-state index in [1.54, 1.807) is 17.7 Å². The molecule has 45 heavy (non-hydrogen) atoms. The van der Waals surface area contributed by atoms with Crippen LogP contribution in [0.2, 0.25) is 0 Å². The van der Waals surface area contributed by atoms with Crippen molar-refractivity contribution in [2.75, 3.05) is 0 Å². The summed E-state index contributed by atoms with van der Waals surface area (Å²) >= 11 is -3.11. The molecule has 0 saturated heterocycles. The van der Waals surface area contributed by atoms with Gasteiger partial charge in [-0.1, -0.05) is 0 Å². The molecule has 0 spiro atoms. The van der Waals surface area contributed by atoms with Gasteiger partial charge >= 0.3 is 282 Å². The fourth-order valence-electron chi connectivity index (χ4n) is 7.14. The van der Waals surface area contributed by atoms with E-state index in [1.165, 1.54) is 39.0 Å². The Morgan fingerprint density at radius 1 is 0.556 bits per heavy atom. The van der Waals surface area contributed by atoms with Crippen LogP contribution in [0.4, 0.5) is 0 Å². The van der Waals surface area contributed by atoms with Crippen molar-refractivity contribution < 1.29 is 21.0 Å². The summed E-state index contributed by atoms with van der Waals surface area (Å²) in [6.07, 6.45) is 5.25. The molecule has 0 fully saturated rings. The van der Waals surface area contributed by atoms with Crippen LogP contribution in [0.3, 0.4) is 0 Å². The van der Waals surface area contributed by atoms with Crippen molar-refractivity contribution in [1.82, 2.24) is 0 Å². The third-order valence-corrected chi connectivity index (χ3v) is 22.5. The van der Waals surface area contributed by atoms with Crippen LogP contribution in [0.1, 0.15) is 106 Å². The van der Waals surface area contributed by atoms with E-state index in [1.807, 2.05) is 0 Å². The Hall–Kier alpha value is -2.90. The predicted octanol–water partition coefficient (Wildman–Crippen LogP) is 11.7. The summed E-state index contributed by atoms with van der Waals surface area (Å²) in [5, 5.41) is 0. The molecular formula is C44H50Hf. The zero-order valence-corrected chi connectivity index (χ0v) is 32.6. The molecule has 4 aromatic rings. The molecule has 230 valence electrons. The second-order valence-corrected chi connectivity index (χ2v) is 25.2. The summed E-state index contributed by atoms with van der Waals surface area (Å²) in [7, 11) is 0. The van der Waals surface area contributed by atoms with Gasteiger partial charge in [-0.05, 0) is 0 Å². The van der Waals surface area contributed by atoms with Crippen LogP contribution in [0, 0.1) is 11.3 Å². The average Bonchev–Trinajstić information content (AvgIpc) is 3.53. The molecule has 4 aromatic carbocycles. The van der Waals surface area contributed by atoms with Crippen molar-refractivity contribution in [2.45, 2.75) is 83.7 Å². The number of hydrogen-bond acceptors (Lipinski definition) is 0. The first-order valence-corrected chi connectivity index (χ1v) is 22.4. The van der Waals surface area contributed by atoms with Crippen molar-refractivity contribution in [2.24, 2.45) is 11.3 Å². The Kier molecular flexibility index (Phi) is 8.35. The van der Waals surface area contributed by atoms with Crippen LogP contribution < -0.4 is 0 Å². The van der Waals surface area contributed by atoms with E-state index in [2.05, 4.69) is 178 Å². The van der Waals surface area contributed by atoms with E-state index in [-0.39, 0.29) is 16.2 Å². The molecule has 0 saturated carbocycles. The molecular weight excluding hydrogens is 707 g/mol. The molecule has 0 aliphatic heterocycles. The van der Waals surface area contributed by atoms with Crippen LogP contribution >= 0.6 is 0 Å². The van der Waals surface area contributed by atoms with Gasteiger partial charge < -0.3 is 0 Å². The summed E-state index contributed by atoms with van der Waals surface area (Å²) in [6, 6.07) is 37.7. The van der Waals surface area contributed by atoms with Gasteiger partial charge in [-0.15, -0.1) is 0 Å². The van der Waals surface area contributed by atoms with E-state index >= 15 is 0 Å². The molecule has 0 heterocycles. The summed E-state index contributed by atoms with van der Waals surface area (Å²) in [4.78, 5) is 0. The molecule has 1 unspecified atom stereocenters. The number of allylic oxidation sites excluding steroid dienone is 4. The van der Waals surface area contributed by atoms with Crippen LogP contribution in [0.15, 0.2) is 118 Å². The molecule has 6 rings (SSSR count). The van der Waals surface area contributed by atoms with Gasteiger partial charge in [0.05, 0.1) is 0 Å². The van der Waals surface area contributed by atoms with Gasteiger partial charge in [-0.3, -0.25) is 0 Å². The minimum atomic E-state index is -3.11. The second-order valence-electron chi connectivity index (χ2n) is 16.3. The summed E-state index contributed by atoms with van der Waals surface area (Å²) in [6.45, 7) is 23.7. The van der Waals surface area contributed by atoms with E-state index in [0.29, 0.717) is 9.59 Å². The van der Waals surface area contributed by atoms with E-state index < -0.39 is 21.0 Å². The quantitative estimate of drug-likeness (QED) is 0.182. The van der Waals surface area contributed by atoms with Gasteiger partial charge in [0.1, 0.15) is 0 Å². The van der Waals surface area contributed by atoms with Crippen LogP contribution in [-0.4, -0.2) is 3.26 Å².